The quantitative estimate of drug-likeness (QED) is 0.332. The van der Waals surface area contributed by atoms with Crippen LogP contribution in [-0.2, 0) is 22.7 Å². The maximum atomic E-state index is 13.6. The van der Waals surface area contributed by atoms with Crippen molar-refractivity contribution in [2.45, 2.75) is 19.1 Å². The van der Waals surface area contributed by atoms with Crippen molar-refractivity contribution in [1.82, 2.24) is 15.5 Å². The van der Waals surface area contributed by atoms with Gasteiger partial charge in [0.05, 0.1) is 25.6 Å². The summed E-state index contributed by atoms with van der Waals surface area (Å²) >= 11 is 0. The summed E-state index contributed by atoms with van der Waals surface area (Å²) in [7, 11) is 0. The summed E-state index contributed by atoms with van der Waals surface area (Å²) in [6, 6.07) is 19.9. The number of nitrogens with zero attached hydrogens (tertiary/aromatic N) is 1. The van der Waals surface area contributed by atoms with Crippen molar-refractivity contribution in [2.75, 3.05) is 13.3 Å². The third kappa shape index (κ3) is 5.70. The summed E-state index contributed by atoms with van der Waals surface area (Å²) in [5.41, 5.74) is 1.33. The lowest BCUT2D eigenvalue weighted by molar-refractivity contribution is -0.141. The minimum atomic E-state index is -0.996. The normalized spacial score (nSPS) is 12.5. The second kappa shape index (κ2) is 11.4. The van der Waals surface area contributed by atoms with Gasteiger partial charge >= 0.3 is 0 Å². The SMILES string of the molecule is O=C(NCC(=O)N(Cc1ccc2c(c1)OCO2)[C@H](C(=O)NCc1ccco1)c1ccccc1)c1ccco1. The molecule has 3 heterocycles. The predicted octanol–water partition coefficient (Wildman–Crippen LogP) is 3.42. The number of ether oxygens (including phenoxy) is 2. The molecule has 1 atom stereocenters. The van der Waals surface area contributed by atoms with Gasteiger partial charge in [0, 0.05) is 6.54 Å². The van der Waals surface area contributed by atoms with E-state index in [4.69, 9.17) is 18.3 Å². The Morgan fingerprint density at radius 3 is 2.39 bits per heavy atom. The lowest BCUT2D eigenvalue weighted by Crippen LogP contribution is -2.46. The molecule has 38 heavy (non-hydrogen) atoms. The van der Waals surface area contributed by atoms with Gasteiger partial charge in [0.25, 0.3) is 5.91 Å². The number of rotatable bonds is 10. The number of benzene rings is 2. The molecule has 194 valence electrons. The number of hydrogen-bond acceptors (Lipinski definition) is 7. The van der Waals surface area contributed by atoms with Crippen LogP contribution < -0.4 is 20.1 Å². The minimum Gasteiger partial charge on any atom is -0.467 e. The van der Waals surface area contributed by atoms with Crippen LogP contribution in [0.15, 0.2) is 94.2 Å². The summed E-state index contributed by atoms with van der Waals surface area (Å²) in [6.45, 7) is -0.0166. The molecule has 1 aliphatic rings. The Labute approximate surface area is 218 Å². The lowest BCUT2D eigenvalue weighted by atomic mass is 10.0. The zero-order chi connectivity index (χ0) is 26.3. The number of carbonyl (C=O) groups excluding carboxylic acids is 3. The monoisotopic (exact) mass is 515 g/mol. The first kappa shape index (κ1) is 24.7. The van der Waals surface area contributed by atoms with Gasteiger partial charge < -0.3 is 33.8 Å². The van der Waals surface area contributed by atoms with E-state index in [1.54, 1.807) is 60.7 Å². The Bertz CT molecular complexity index is 1390. The van der Waals surface area contributed by atoms with E-state index in [2.05, 4.69) is 10.6 Å². The molecule has 0 saturated carbocycles. The number of nitrogens with one attached hydrogen (secondary N) is 2. The van der Waals surface area contributed by atoms with Crippen LogP contribution >= 0.6 is 0 Å². The number of fused-ring (bicyclic) bond motifs is 1. The molecule has 0 spiro atoms. The molecule has 2 aromatic heterocycles. The first-order valence-electron chi connectivity index (χ1n) is 11.9. The van der Waals surface area contributed by atoms with Crippen LogP contribution in [0.2, 0.25) is 0 Å². The molecule has 0 saturated heterocycles. The van der Waals surface area contributed by atoms with Crippen molar-refractivity contribution in [3.8, 4) is 11.5 Å². The van der Waals surface area contributed by atoms with Crippen molar-refractivity contribution in [1.29, 1.82) is 0 Å². The fourth-order valence-corrected chi connectivity index (χ4v) is 4.10. The first-order chi connectivity index (χ1) is 18.6. The van der Waals surface area contributed by atoms with E-state index in [1.165, 1.54) is 23.5 Å². The molecule has 0 aliphatic carbocycles. The van der Waals surface area contributed by atoms with Crippen LogP contribution in [0.4, 0.5) is 0 Å². The van der Waals surface area contributed by atoms with E-state index in [0.717, 1.165) is 5.56 Å². The van der Waals surface area contributed by atoms with Crippen LogP contribution in [0.3, 0.4) is 0 Å². The van der Waals surface area contributed by atoms with Crippen LogP contribution in [0.5, 0.6) is 11.5 Å². The molecule has 0 unspecified atom stereocenters. The largest absolute Gasteiger partial charge is 0.467 e. The van der Waals surface area contributed by atoms with Gasteiger partial charge in [0.1, 0.15) is 11.8 Å². The highest BCUT2D eigenvalue weighted by Gasteiger charge is 2.32. The Hall–Kier alpha value is -4.99. The Morgan fingerprint density at radius 1 is 0.842 bits per heavy atom. The molecule has 4 aromatic rings. The van der Waals surface area contributed by atoms with E-state index in [9.17, 15) is 14.4 Å². The van der Waals surface area contributed by atoms with Crippen molar-refractivity contribution in [2.24, 2.45) is 0 Å². The maximum Gasteiger partial charge on any atom is 0.287 e. The summed E-state index contributed by atoms with van der Waals surface area (Å²) in [5.74, 6) is 0.404. The van der Waals surface area contributed by atoms with Gasteiger partial charge in [-0.15, -0.1) is 0 Å². The zero-order valence-electron chi connectivity index (χ0n) is 20.3. The van der Waals surface area contributed by atoms with Crippen molar-refractivity contribution >= 4 is 17.7 Å². The highest BCUT2D eigenvalue weighted by molar-refractivity contribution is 5.95. The van der Waals surface area contributed by atoms with E-state index in [0.29, 0.717) is 22.8 Å². The minimum absolute atomic E-state index is 0.0693. The third-order valence-electron chi connectivity index (χ3n) is 5.95. The molecular weight excluding hydrogens is 490 g/mol. The average Bonchev–Trinajstić information content (AvgIpc) is 3.73. The topological polar surface area (TPSA) is 123 Å². The van der Waals surface area contributed by atoms with E-state index >= 15 is 0 Å². The number of carbonyl (C=O) groups is 3. The summed E-state index contributed by atoms with van der Waals surface area (Å²) < 4.78 is 21.3. The van der Waals surface area contributed by atoms with Gasteiger partial charge in [0.2, 0.25) is 18.6 Å². The predicted molar refractivity (Wildman–Crippen MR) is 134 cm³/mol. The molecule has 2 aromatic carbocycles. The van der Waals surface area contributed by atoms with Crippen LogP contribution in [-0.4, -0.2) is 36.0 Å². The molecule has 0 bridgehead atoms. The van der Waals surface area contributed by atoms with E-state index in [-0.39, 0.29) is 32.2 Å². The highest BCUT2D eigenvalue weighted by Crippen LogP contribution is 2.34. The molecule has 5 rings (SSSR count). The fourth-order valence-electron chi connectivity index (χ4n) is 4.10. The van der Waals surface area contributed by atoms with Gasteiger partial charge in [-0.2, -0.15) is 0 Å². The second-order valence-corrected chi connectivity index (χ2v) is 8.48. The number of amides is 3. The van der Waals surface area contributed by atoms with Gasteiger partial charge in [-0.3, -0.25) is 14.4 Å². The summed E-state index contributed by atoms with van der Waals surface area (Å²) in [6.07, 6.45) is 2.89. The summed E-state index contributed by atoms with van der Waals surface area (Å²) in [4.78, 5) is 41.1. The van der Waals surface area contributed by atoms with Gasteiger partial charge in [-0.05, 0) is 47.5 Å². The molecular formula is C28H25N3O7. The van der Waals surface area contributed by atoms with Gasteiger partial charge in [0.15, 0.2) is 17.3 Å². The van der Waals surface area contributed by atoms with Gasteiger partial charge in [-0.25, -0.2) is 0 Å². The zero-order valence-corrected chi connectivity index (χ0v) is 20.3. The van der Waals surface area contributed by atoms with Crippen LogP contribution in [0.1, 0.15) is 33.5 Å². The molecule has 0 radical (unpaired) electrons. The highest BCUT2D eigenvalue weighted by atomic mass is 16.7. The molecule has 0 fully saturated rings. The lowest BCUT2D eigenvalue weighted by Gasteiger charge is -2.31. The van der Waals surface area contributed by atoms with Crippen molar-refractivity contribution in [3.63, 3.8) is 0 Å². The van der Waals surface area contributed by atoms with E-state index < -0.39 is 23.8 Å². The van der Waals surface area contributed by atoms with Crippen molar-refractivity contribution in [3.05, 3.63) is 108 Å². The Morgan fingerprint density at radius 2 is 1.63 bits per heavy atom. The summed E-state index contributed by atoms with van der Waals surface area (Å²) in [5, 5.41) is 5.44. The van der Waals surface area contributed by atoms with Gasteiger partial charge in [-0.1, -0.05) is 36.4 Å². The Balaban J connectivity index is 1.43. The maximum absolute atomic E-state index is 13.6. The third-order valence-corrected chi connectivity index (χ3v) is 5.95. The number of furan rings is 2. The standard InChI is InChI=1S/C28H25N3O7/c32-25(16-30-27(33)23-9-5-13-36-23)31(17-19-10-11-22-24(14-19)38-18-37-22)26(20-6-2-1-3-7-20)28(34)29-15-21-8-4-12-35-21/h1-14,26H,15-18H2,(H,29,34)(H,30,33)/t26-/m0/s1. The van der Waals surface area contributed by atoms with E-state index in [1.807, 2.05) is 6.07 Å². The smallest absolute Gasteiger partial charge is 0.287 e. The van der Waals surface area contributed by atoms with Crippen LogP contribution in [0.25, 0.3) is 0 Å². The van der Waals surface area contributed by atoms with Crippen LogP contribution in [0, 0.1) is 0 Å². The second-order valence-electron chi connectivity index (χ2n) is 8.48. The number of hydrogen-bond donors (Lipinski definition) is 2. The molecule has 3 amide bonds. The fraction of sp³-hybridized carbons (Fsp3) is 0.179. The first-order valence-corrected chi connectivity index (χ1v) is 11.9. The average molecular weight is 516 g/mol. The van der Waals surface area contributed by atoms with Crippen molar-refractivity contribution < 1.29 is 32.7 Å². The molecule has 2 N–H and O–H groups in total. The molecule has 1 aliphatic heterocycles. The Kier molecular flexibility index (Phi) is 7.39. The molecule has 10 nitrogen and oxygen atoms in total. The molecule has 10 heteroatoms.